The molecule has 0 aromatic heterocycles. The standard InChI is InChI=1S/C21H32N2O6/c1-14(2)16(12-22-19(26)29-21(3,4)5)17(11-18(24)25)23-20(27)28-13-15-9-7-6-8-10-15/h6-10,14,16-17H,11-13H2,1-5H3,(H,22,26)(H,23,27)(H,24,25). The van der Waals surface area contributed by atoms with Gasteiger partial charge in [0.25, 0.3) is 0 Å². The average molecular weight is 408 g/mol. The molecular weight excluding hydrogens is 376 g/mol. The zero-order chi connectivity index (χ0) is 22.0. The quantitative estimate of drug-likeness (QED) is 0.576. The summed E-state index contributed by atoms with van der Waals surface area (Å²) in [7, 11) is 0. The van der Waals surface area contributed by atoms with Crippen molar-refractivity contribution in [1.29, 1.82) is 0 Å². The van der Waals surface area contributed by atoms with Gasteiger partial charge in [-0.1, -0.05) is 44.2 Å². The Balaban J connectivity index is 2.73. The number of benzene rings is 1. The number of carboxylic acids is 1. The smallest absolute Gasteiger partial charge is 0.407 e. The molecule has 0 fully saturated rings. The minimum Gasteiger partial charge on any atom is -0.481 e. The van der Waals surface area contributed by atoms with Crippen LogP contribution in [0.25, 0.3) is 0 Å². The third-order valence-corrected chi connectivity index (χ3v) is 4.16. The lowest BCUT2D eigenvalue weighted by Crippen LogP contribution is -2.48. The highest BCUT2D eigenvalue weighted by Crippen LogP contribution is 2.18. The number of hydrogen-bond acceptors (Lipinski definition) is 5. The summed E-state index contributed by atoms with van der Waals surface area (Å²) in [5, 5.41) is 14.6. The van der Waals surface area contributed by atoms with Crippen LogP contribution in [0, 0.1) is 11.8 Å². The summed E-state index contributed by atoms with van der Waals surface area (Å²) in [5.41, 5.74) is 0.182. The molecule has 1 aromatic rings. The number of nitrogens with one attached hydrogen (secondary N) is 2. The lowest BCUT2D eigenvalue weighted by Gasteiger charge is -2.30. The van der Waals surface area contributed by atoms with Crippen LogP contribution in [0.5, 0.6) is 0 Å². The number of carboxylic acid groups (broad SMARTS) is 1. The van der Waals surface area contributed by atoms with Crippen LogP contribution in [0.1, 0.15) is 46.6 Å². The fourth-order valence-corrected chi connectivity index (χ4v) is 2.77. The second-order valence-electron chi connectivity index (χ2n) is 8.20. The predicted octanol–water partition coefficient (Wildman–Crippen LogP) is 3.55. The van der Waals surface area contributed by atoms with Crippen molar-refractivity contribution in [1.82, 2.24) is 10.6 Å². The topological polar surface area (TPSA) is 114 Å². The molecule has 0 saturated heterocycles. The number of aliphatic carboxylic acids is 1. The molecule has 3 N–H and O–H groups in total. The molecule has 0 saturated carbocycles. The molecule has 2 unspecified atom stereocenters. The minimum atomic E-state index is -1.05. The summed E-state index contributed by atoms with van der Waals surface area (Å²) in [6.45, 7) is 9.29. The van der Waals surface area contributed by atoms with E-state index in [2.05, 4.69) is 10.6 Å². The Labute approximate surface area is 172 Å². The summed E-state index contributed by atoms with van der Waals surface area (Å²) < 4.78 is 10.4. The van der Waals surface area contributed by atoms with Gasteiger partial charge in [-0.15, -0.1) is 0 Å². The lowest BCUT2D eigenvalue weighted by atomic mass is 9.86. The second-order valence-corrected chi connectivity index (χ2v) is 8.20. The van der Waals surface area contributed by atoms with Gasteiger partial charge in [0.1, 0.15) is 12.2 Å². The van der Waals surface area contributed by atoms with Crippen molar-refractivity contribution < 1.29 is 29.0 Å². The van der Waals surface area contributed by atoms with E-state index in [4.69, 9.17) is 9.47 Å². The highest BCUT2D eigenvalue weighted by Gasteiger charge is 2.29. The van der Waals surface area contributed by atoms with Gasteiger partial charge in [-0.25, -0.2) is 9.59 Å². The maximum atomic E-state index is 12.2. The summed E-state index contributed by atoms with van der Waals surface area (Å²) in [6, 6.07) is 8.46. The van der Waals surface area contributed by atoms with E-state index in [0.29, 0.717) is 0 Å². The summed E-state index contributed by atoms with van der Waals surface area (Å²) in [6.07, 6.45) is -1.59. The number of carbonyl (C=O) groups excluding carboxylic acids is 2. The molecule has 2 amide bonds. The lowest BCUT2D eigenvalue weighted by molar-refractivity contribution is -0.137. The van der Waals surface area contributed by atoms with Crippen molar-refractivity contribution in [3.05, 3.63) is 35.9 Å². The normalized spacial score (nSPS) is 13.3. The first-order valence-corrected chi connectivity index (χ1v) is 9.63. The van der Waals surface area contributed by atoms with Crippen LogP contribution < -0.4 is 10.6 Å². The van der Waals surface area contributed by atoms with E-state index in [1.54, 1.807) is 20.8 Å². The van der Waals surface area contributed by atoms with E-state index in [9.17, 15) is 19.5 Å². The molecule has 162 valence electrons. The van der Waals surface area contributed by atoms with E-state index < -0.39 is 29.8 Å². The second kappa shape index (κ2) is 11.3. The number of rotatable bonds is 9. The van der Waals surface area contributed by atoms with Crippen molar-refractivity contribution in [2.24, 2.45) is 11.8 Å². The number of alkyl carbamates (subject to hydrolysis) is 2. The zero-order valence-electron chi connectivity index (χ0n) is 17.7. The molecule has 1 aromatic carbocycles. The van der Waals surface area contributed by atoms with Gasteiger partial charge in [0.15, 0.2) is 0 Å². The molecule has 8 heteroatoms. The van der Waals surface area contributed by atoms with Gasteiger partial charge in [0.2, 0.25) is 0 Å². The molecule has 0 aliphatic heterocycles. The number of carbonyl (C=O) groups is 3. The first kappa shape index (κ1) is 24.3. The fraction of sp³-hybridized carbons (Fsp3) is 0.571. The highest BCUT2D eigenvalue weighted by atomic mass is 16.6. The molecule has 1 rings (SSSR count). The third kappa shape index (κ3) is 10.4. The minimum absolute atomic E-state index is 0.0105. The van der Waals surface area contributed by atoms with Crippen LogP contribution in [-0.2, 0) is 20.9 Å². The van der Waals surface area contributed by atoms with Crippen molar-refractivity contribution in [3.8, 4) is 0 Å². The van der Waals surface area contributed by atoms with Gasteiger partial charge >= 0.3 is 18.2 Å². The fourth-order valence-electron chi connectivity index (χ4n) is 2.77. The Kier molecular flexibility index (Phi) is 9.44. The molecule has 0 aliphatic rings. The van der Waals surface area contributed by atoms with Crippen LogP contribution in [0.4, 0.5) is 9.59 Å². The van der Waals surface area contributed by atoms with Gasteiger partial charge in [-0.3, -0.25) is 4.79 Å². The van der Waals surface area contributed by atoms with Gasteiger partial charge in [0.05, 0.1) is 6.42 Å². The van der Waals surface area contributed by atoms with E-state index in [1.807, 2.05) is 44.2 Å². The van der Waals surface area contributed by atoms with Gasteiger partial charge < -0.3 is 25.2 Å². The molecule has 0 radical (unpaired) electrons. The zero-order valence-corrected chi connectivity index (χ0v) is 17.7. The first-order chi connectivity index (χ1) is 13.5. The average Bonchev–Trinajstić information content (AvgIpc) is 2.58. The molecule has 2 atom stereocenters. The van der Waals surface area contributed by atoms with Crippen LogP contribution in [0.15, 0.2) is 30.3 Å². The molecule has 29 heavy (non-hydrogen) atoms. The Hall–Kier alpha value is -2.77. The first-order valence-electron chi connectivity index (χ1n) is 9.63. The van der Waals surface area contributed by atoms with Crippen LogP contribution >= 0.6 is 0 Å². The van der Waals surface area contributed by atoms with Crippen LogP contribution in [0.2, 0.25) is 0 Å². The molecular formula is C21H32N2O6. The molecule has 0 spiro atoms. The SMILES string of the molecule is CC(C)C(CNC(=O)OC(C)(C)C)C(CC(=O)O)NC(=O)OCc1ccccc1. The Morgan fingerprint density at radius 2 is 1.69 bits per heavy atom. The van der Waals surface area contributed by atoms with E-state index in [0.717, 1.165) is 5.56 Å². The summed E-state index contributed by atoms with van der Waals surface area (Å²) in [5.74, 6) is -1.40. The Morgan fingerprint density at radius 3 is 2.21 bits per heavy atom. The van der Waals surface area contributed by atoms with Crippen molar-refractivity contribution in [3.63, 3.8) is 0 Å². The summed E-state index contributed by atoms with van der Waals surface area (Å²) >= 11 is 0. The highest BCUT2D eigenvalue weighted by molar-refractivity contribution is 5.71. The van der Waals surface area contributed by atoms with Crippen molar-refractivity contribution >= 4 is 18.2 Å². The number of hydrogen-bond donors (Lipinski definition) is 3. The molecule has 0 bridgehead atoms. The van der Waals surface area contributed by atoms with E-state index in [1.165, 1.54) is 0 Å². The molecule has 0 aliphatic carbocycles. The van der Waals surface area contributed by atoms with E-state index in [-0.39, 0.29) is 31.4 Å². The monoisotopic (exact) mass is 408 g/mol. The maximum absolute atomic E-state index is 12.2. The molecule has 8 nitrogen and oxygen atoms in total. The van der Waals surface area contributed by atoms with Gasteiger partial charge in [-0.05, 0) is 38.2 Å². The summed E-state index contributed by atoms with van der Waals surface area (Å²) in [4.78, 5) is 35.5. The number of ether oxygens (including phenoxy) is 2. The Bertz CT molecular complexity index is 669. The van der Waals surface area contributed by atoms with E-state index >= 15 is 0 Å². The molecule has 0 heterocycles. The number of amides is 2. The van der Waals surface area contributed by atoms with Crippen molar-refractivity contribution in [2.75, 3.05) is 6.54 Å². The van der Waals surface area contributed by atoms with Crippen LogP contribution in [0.3, 0.4) is 0 Å². The van der Waals surface area contributed by atoms with Crippen molar-refractivity contribution in [2.45, 2.75) is 59.3 Å². The predicted molar refractivity (Wildman–Crippen MR) is 108 cm³/mol. The maximum Gasteiger partial charge on any atom is 0.407 e. The van der Waals surface area contributed by atoms with Gasteiger partial charge in [0, 0.05) is 12.6 Å². The largest absolute Gasteiger partial charge is 0.481 e. The van der Waals surface area contributed by atoms with Crippen LogP contribution in [-0.4, -0.2) is 41.4 Å². The third-order valence-electron chi connectivity index (χ3n) is 4.16. The van der Waals surface area contributed by atoms with Gasteiger partial charge in [-0.2, -0.15) is 0 Å². The Morgan fingerprint density at radius 1 is 1.07 bits per heavy atom.